The summed E-state index contributed by atoms with van der Waals surface area (Å²) < 4.78 is 24.3. The van der Waals surface area contributed by atoms with E-state index < -0.39 is 41.7 Å². The molecule has 0 saturated carbocycles. The van der Waals surface area contributed by atoms with E-state index in [1.54, 1.807) is 6.07 Å². The Hall–Kier alpha value is -3.01. The summed E-state index contributed by atoms with van der Waals surface area (Å²) >= 11 is 1.32. The SMILES string of the molecule is CC(=O)O[C@@H]1[C@@H](OC(C)=O)[C@H](OC(C)=O)CS[C@H]1Oc1cccc(-c2c(C)nn(C)c2C)c1. The van der Waals surface area contributed by atoms with Crippen LogP contribution in [0.15, 0.2) is 24.3 Å². The van der Waals surface area contributed by atoms with Gasteiger partial charge < -0.3 is 18.9 Å². The third kappa shape index (κ3) is 5.87. The number of thioether (sulfide) groups is 1. The van der Waals surface area contributed by atoms with E-state index in [-0.39, 0.29) is 0 Å². The highest BCUT2D eigenvalue weighted by Crippen LogP contribution is 2.36. The second-order valence-electron chi connectivity index (χ2n) is 7.81. The summed E-state index contributed by atoms with van der Waals surface area (Å²) in [6.45, 7) is 7.72. The molecule has 0 aliphatic carbocycles. The van der Waals surface area contributed by atoms with E-state index in [2.05, 4.69) is 5.10 Å². The molecule has 1 fully saturated rings. The standard InChI is InChI=1S/C23H28N2O7S/c1-12-20(13(2)25(6)24-12)17-8-7-9-18(10-17)32-23-22(31-16(5)28)21(30-15(4)27)19(11-33-23)29-14(3)26/h7-10,19,21-23H,11H2,1-6H3/t19-,21+,22-,23-/m1/s1. The lowest BCUT2D eigenvalue weighted by atomic mass is 10.0. The van der Waals surface area contributed by atoms with Gasteiger partial charge in [0.1, 0.15) is 5.75 Å². The highest BCUT2D eigenvalue weighted by atomic mass is 32.2. The third-order valence-corrected chi connectivity index (χ3v) is 6.40. The molecule has 0 N–H and O–H groups in total. The zero-order chi connectivity index (χ0) is 24.3. The first-order valence-electron chi connectivity index (χ1n) is 10.5. The minimum atomic E-state index is -0.993. The van der Waals surface area contributed by atoms with Gasteiger partial charge in [-0.3, -0.25) is 19.1 Å². The molecule has 0 radical (unpaired) electrons. The summed E-state index contributed by atoms with van der Waals surface area (Å²) in [5.74, 6) is -0.805. The smallest absolute Gasteiger partial charge is 0.303 e. The minimum Gasteiger partial charge on any atom is -0.476 e. The predicted octanol–water partition coefficient (Wildman–Crippen LogP) is 2.95. The molecule has 1 saturated heterocycles. The summed E-state index contributed by atoms with van der Waals surface area (Å²) in [7, 11) is 1.89. The number of benzene rings is 1. The summed E-state index contributed by atoms with van der Waals surface area (Å²) in [5.41, 5.74) is 3.19. The van der Waals surface area contributed by atoms with Gasteiger partial charge in [0.2, 0.25) is 0 Å². The van der Waals surface area contributed by atoms with Crippen molar-refractivity contribution >= 4 is 29.7 Å². The quantitative estimate of drug-likeness (QED) is 0.459. The maximum absolute atomic E-state index is 11.8. The van der Waals surface area contributed by atoms with Crippen molar-refractivity contribution in [1.82, 2.24) is 9.78 Å². The van der Waals surface area contributed by atoms with E-state index in [1.165, 1.54) is 32.5 Å². The molecule has 178 valence electrons. The zero-order valence-corrected chi connectivity index (χ0v) is 20.3. The Labute approximate surface area is 196 Å². The Bertz CT molecular complexity index is 1050. The molecule has 0 unspecified atom stereocenters. The first kappa shape index (κ1) is 24.6. The zero-order valence-electron chi connectivity index (χ0n) is 19.5. The molecule has 4 atom stereocenters. The number of aryl methyl sites for hydroxylation is 2. The molecule has 2 aromatic rings. The van der Waals surface area contributed by atoms with Gasteiger partial charge in [0.15, 0.2) is 23.7 Å². The fraction of sp³-hybridized carbons (Fsp3) is 0.478. The number of esters is 3. The van der Waals surface area contributed by atoms with Crippen molar-refractivity contribution < 1.29 is 33.3 Å². The van der Waals surface area contributed by atoms with Gasteiger partial charge in [-0.1, -0.05) is 12.1 Å². The van der Waals surface area contributed by atoms with E-state index >= 15 is 0 Å². The average Bonchev–Trinajstić information content (AvgIpc) is 2.97. The molecule has 0 spiro atoms. The molecule has 9 nitrogen and oxygen atoms in total. The molecule has 0 bridgehead atoms. The van der Waals surface area contributed by atoms with Crippen molar-refractivity contribution in [3.8, 4) is 16.9 Å². The Morgan fingerprint density at radius 1 is 1.00 bits per heavy atom. The summed E-state index contributed by atoms with van der Waals surface area (Å²) in [4.78, 5) is 35.1. The number of rotatable bonds is 6. The molecule has 3 rings (SSSR count). The highest BCUT2D eigenvalue weighted by Gasteiger charge is 2.47. The molecule has 1 aromatic carbocycles. The summed E-state index contributed by atoms with van der Waals surface area (Å²) in [5, 5.41) is 4.47. The molecule has 1 aliphatic rings. The first-order chi connectivity index (χ1) is 15.6. The van der Waals surface area contributed by atoms with Crippen LogP contribution >= 0.6 is 11.8 Å². The third-order valence-electron chi connectivity index (χ3n) is 5.19. The number of carbonyl (C=O) groups is 3. The Morgan fingerprint density at radius 2 is 1.64 bits per heavy atom. The molecule has 1 aromatic heterocycles. The average molecular weight is 477 g/mol. The number of ether oxygens (including phenoxy) is 4. The van der Waals surface area contributed by atoms with Crippen molar-refractivity contribution in [3.05, 3.63) is 35.7 Å². The normalized spacial score (nSPS) is 22.4. The van der Waals surface area contributed by atoms with Crippen molar-refractivity contribution in [3.63, 3.8) is 0 Å². The molecule has 2 heterocycles. The fourth-order valence-corrected chi connectivity index (χ4v) is 5.08. The monoisotopic (exact) mass is 476 g/mol. The van der Waals surface area contributed by atoms with Crippen LogP contribution in [0.5, 0.6) is 5.75 Å². The Kier molecular flexibility index (Phi) is 7.68. The van der Waals surface area contributed by atoms with E-state index in [1.807, 2.05) is 43.8 Å². The van der Waals surface area contributed by atoms with Crippen LogP contribution in [0.2, 0.25) is 0 Å². The molecule has 33 heavy (non-hydrogen) atoms. The Balaban J connectivity index is 1.90. The van der Waals surface area contributed by atoms with Crippen LogP contribution in [0.4, 0.5) is 0 Å². The van der Waals surface area contributed by atoms with E-state index in [0.717, 1.165) is 22.5 Å². The number of nitrogens with zero attached hydrogens (tertiary/aromatic N) is 2. The lowest BCUT2D eigenvalue weighted by Crippen LogP contribution is -2.55. The van der Waals surface area contributed by atoms with Crippen LogP contribution < -0.4 is 4.74 Å². The first-order valence-corrected chi connectivity index (χ1v) is 11.5. The number of hydrogen-bond acceptors (Lipinski definition) is 9. The van der Waals surface area contributed by atoms with E-state index in [9.17, 15) is 14.4 Å². The van der Waals surface area contributed by atoms with Crippen molar-refractivity contribution in [2.75, 3.05) is 5.75 Å². The minimum absolute atomic E-state index is 0.306. The molecule has 0 amide bonds. The number of hydrogen-bond donors (Lipinski definition) is 0. The van der Waals surface area contributed by atoms with Gasteiger partial charge in [0.25, 0.3) is 0 Å². The van der Waals surface area contributed by atoms with Crippen LogP contribution in [0, 0.1) is 13.8 Å². The molecule has 1 aliphatic heterocycles. The van der Waals surface area contributed by atoms with Gasteiger partial charge in [-0.2, -0.15) is 5.10 Å². The van der Waals surface area contributed by atoms with Gasteiger partial charge in [-0.05, 0) is 31.5 Å². The summed E-state index contributed by atoms with van der Waals surface area (Å²) in [6.07, 6.45) is -2.74. The topological polar surface area (TPSA) is 106 Å². The fourth-order valence-electron chi connectivity index (χ4n) is 3.86. The molecular formula is C23H28N2O7S. The van der Waals surface area contributed by atoms with Crippen molar-refractivity contribution in [1.29, 1.82) is 0 Å². The van der Waals surface area contributed by atoms with Gasteiger partial charge in [-0.15, -0.1) is 11.8 Å². The van der Waals surface area contributed by atoms with Crippen molar-refractivity contribution in [2.45, 2.75) is 58.4 Å². The maximum atomic E-state index is 11.8. The largest absolute Gasteiger partial charge is 0.476 e. The van der Waals surface area contributed by atoms with E-state index in [4.69, 9.17) is 18.9 Å². The van der Waals surface area contributed by atoms with Crippen LogP contribution in [-0.2, 0) is 35.6 Å². The van der Waals surface area contributed by atoms with Gasteiger partial charge >= 0.3 is 17.9 Å². The van der Waals surface area contributed by atoms with Gasteiger partial charge in [0.05, 0.1) is 5.69 Å². The summed E-state index contributed by atoms with van der Waals surface area (Å²) in [6, 6.07) is 7.53. The van der Waals surface area contributed by atoms with E-state index in [0.29, 0.717) is 11.5 Å². The van der Waals surface area contributed by atoms with Gasteiger partial charge in [-0.25, -0.2) is 0 Å². The van der Waals surface area contributed by atoms with Crippen LogP contribution in [0.1, 0.15) is 32.2 Å². The molecule has 10 heteroatoms. The van der Waals surface area contributed by atoms with Gasteiger partial charge in [0, 0.05) is 44.8 Å². The Morgan fingerprint density at radius 3 is 2.21 bits per heavy atom. The predicted molar refractivity (Wildman–Crippen MR) is 122 cm³/mol. The van der Waals surface area contributed by atoms with Crippen LogP contribution in [0.25, 0.3) is 11.1 Å². The second-order valence-corrected chi connectivity index (χ2v) is 8.94. The maximum Gasteiger partial charge on any atom is 0.303 e. The molecular weight excluding hydrogens is 448 g/mol. The second kappa shape index (κ2) is 10.3. The number of aromatic nitrogens is 2. The lowest BCUT2D eigenvalue weighted by Gasteiger charge is -2.39. The lowest BCUT2D eigenvalue weighted by molar-refractivity contribution is -0.186. The number of carbonyl (C=O) groups excluding carboxylic acids is 3. The van der Waals surface area contributed by atoms with Crippen LogP contribution in [0.3, 0.4) is 0 Å². The van der Waals surface area contributed by atoms with Crippen LogP contribution in [-0.4, -0.2) is 57.2 Å². The highest BCUT2D eigenvalue weighted by molar-refractivity contribution is 7.99. The van der Waals surface area contributed by atoms with Crippen molar-refractivity contribution in [2.24, 2.45) is 7.05 Å².